The summed E-state index contributed by atoms with van der Waals surface area (Å²) in [6.07, 6.45) is 3.05. The second-order valence-electron chi connectivity index (χ2n) is 5.86. The highest BCUT2D eigenvalue weighted by Gasteiger charge is 2.17. The highest BCUT2D eigenvalue weighted by atomic mass is 16.1. The molecular formula is C20H22N2O. The fraction of sp³-hybridized carbons (Fsp3) is 0.250. The van der Waals surface area contributed by atoms with Crippen molar-refractivity contribution in [2.45, 2.75) is 33.1 Å². The number of nitrogens with one attached hydrogen (secondary N) is 1. The molecule has 0 fully saturated rings. The quantitative estimate of drug-likeness (QED) is 0.741. The lowest BCUT2D eigenvalue weighted by Gasteiger charge is -2.05. The third-order valence-electron chi connectivity index (χ3n) is 4.16. The van der Waals surface area contributed by atoms with E-state index in [0.29, 0.717) is 0 Å². The van der Waals surface area contributed by atoms with E-state index in [1.54, 1.807) is 4.68 Å². The van der Waals surface area contributed by atoms with Crippen molar-refractivity contribution < 1.29 is 0 Å². The first-order valence-corrected chi connectivity index (χ1v) is 8.17. The largest absolute Gasteiger partial charge is 0.294 e. The zero-order chi connectivity index (χ0) is 16.2. The van der Waals surface area contributed by atoms with Crippen LogP contribution >= 0.6 is 0 Å². The molecule has 1 N–H and O–H groups in total. The number of H-pyrrole nitrogens is 1. The van der Waals surface area contributed by atoms with Crippen LogP contribution in [-0.2, 0) is 6.42 Å². The highest BCUT2D eigenvalue weighted by Crippen LogP contribution is 2.22. The van der Waals surface area contributed by atoms with Crippen molar-refractivity contribution in [1.82, 2.24) is 9.78 Å². The van der Waals surface area contributed by atoms with Gasteiger partial charge in [-0.2, -0.15) is 0 Å². The molecule has 1 aromatic heterocycles. The van der Waals surface area contributed by atoms with Crippen LogP contribution in [0.3, 0.4) is 0 Å². The van der Waals surface area contributed by atoms with Crippen molar-refractivity contribution in [3.05, 3.63) is 76.2 Å². The third-order valence-corrected chi connectivity index (χ3v) is 4.16. The minimum Gasteiger partial charge on any atom is -0.294 e. The van der Waals surface area contributed by atoms with E-state index in [1.165, 1.54) is 0 Å². The average molecular weight is 306 g/mol. The number of para-hydroxylation sites is 1. The molecule has 3 nitrogen and oxygen atoms in total. The Labute approximate surface area is 136 Å². The Hall–Kier alpha value is -2.55. The Morgan fingerprint density at radius 1 is 1.00 bits per heavy atom. The molecule has 23 heavy (non-hydrogen) atoms. The van der Waals surface area contributed by atoms with Gasteiger partial charge in [0.05, 0.1) is 11.3 Å². The van der Waals surface area contributed by atoms with Gasteiger partial charge < -0.3 is 0 Å². The first-order chi connectivity index (χ1) is 11.2. The zero-order valence-corrected chi connectivity index (χ0v) is 13.7. The number of aromatic amines is 1. The van der Waals surface area contributed by atoms with Crippen molar-refractivity contribution in [3.8, 4) is 16.8 Å². The second-order valence-corrected chi connectivity index (χ2v) is 5.86. The van der Waals surface area contributed by atoms with E-state index in [4.69, 9.17) is 0 Å². The van der Waals surface area contributed by atoms with Gasteiger partial charge in [0.1, 0.15) is 0 Å². The predicted molar refractivity (Wildman–Crippen MR) is 95.2 cm³/mol. The van der Waals surface area contributed by atoms with Crippen molar-refractivity contribution >= 4 is 0 Å². The molecule has 3 aromatic rings. The van der Waals surface area contributed by atoms with Crippen LogP contribution in [-0.4, -0.2) is 9.78 Å². The van der Waals surface area contributed by atoms with Gasteiger partial charge in [-0.25, -0.2) is 4.68 Å². The summed E-state index contributed by atoms with van der Waals surface area (Å²) >= 11 is 0. The van der Waals surface area contributed by atoms with Gasteiger partial charge in [0.2, 0.25) is 0 Å². The maximum atomic E-state index is 13.0. The van der Waals surface area contributed by atoms with E-state index in [2.05, 4.69) is 12.0 Å². The van der Waals surface area contributed by atoms with E-state index < -0.39 is 0 Å². The van der Waals surface area contributed by atoms with Crippen LogP contribution in [0.4, 0.5) is 0 Å². The van der Waals surface area contributed by atoms with E-state index in [0.717, 1.165) is 47.3 Å². The average Bonchev–Trinajstić information content (AvgIpc) is 2.90. The summed E-state index contributed by atoms with van der Waals surface area (Å²) in [5.41, 5.74) is 4.81. The normalized spacial score (nSPS) is 10.9. The molecule has 2 aromatic carbocycles. The minimum absolute atomic E-state index is 0.0246. The second kappa shape index (κ2) is 6.69. The number of rotatable bonds is 5. The highest BCUT2D eigenvalue weighted by molar-refractivity contribution is 5.66. The molecule has 0 atom stereocenters. The molecule has 1 heterocycles. The fourth-order valence-electron chi connectivity index (χ4n) is 2.90. The number of unbranched alkanes of at least 4 members (excludes halogenated alkanes) is 1. The van der Waals surface area contributed by atoms with Crippen LogP contribution in [0.2, 0.25) is 0 Å². The van der Waals surface area contributed by atoms with Crippen LogP contribution in [0.25, 0.3) is 16.8 Å². The Bertz CT molecular complexity index is 844. The summed E-state index contributed by atoms with van der Waals surface area (Å²) in [7, 11) is 0. The third kappa shape index (κ3) is 3.00. The van der Waals surface area contributed by atoms with Crippen molar-refractivity contribution in [3.63, 3.8) is 0 Å². The molecule has 0 saturated carbocycles. The van der Waals surface area contributed by atoms with Gasteiger partial charge in [0, 0.05) is 5.69 Å². The molecule has 0 bridgehead atoms. The van der Waals surface area contributed by atoms with Crippen molar-refractivity contribution in [1.29, 1.82) is 0 Å². The lowest BCUT2D eigenvalue weighted by molar-refractivity contribution is 0.747. The van der Waals surface area contributed by atoms with Gasteiger partial charge in [-0.1, -0.05) is 61.9 Å². The summed E-state index contributed by atoms with van der Waals surface area (Å²) in [4.78, 5) is 13.0. The van der Waals surface area contributed by atoms with Gasteiger partial charge in [-0.05, 0) is 37.0 Å². The maximum Gasteiger partial charge on any atom is 0.279 e. The van der Waals surface area contributed by atoms with Crippen LogP contribution < -0.4 is 5.56 Å². The van der Waals surface area contributed by atoms with Crippen LogP contribution in [0.15, 0.2) is 59.4 Å². The summed E-state index contributed by atoms with van der Waals surface area (Å²) in [5.74, 6) is 0. The summed E-state index contributed by atoms with van der Waals surface area (Å²) in [6, 6.07) is 17.9. The number of hydrogen-bond donors (Lipinski definition) is 1. The molecule has 0 amide bonds. The molecule has 0 radical (unpaired) electrons. The molecule has 3 heteroatoms. The van der Waals surface area contributed by atoms with Crippen molar-refractivity contribution in [2.24, 2.45) is 0 Å². The molecule has 118 valence electrons. The molecule has 0 aliphatic heterocycles. The molecule has 0 aliphatic carbocycles. The van der Waals surface area contributed by atoms with Crippen LogP contribution in [0.5, 0.6) is 0 Å². The van der Waals surface area contributed by atoms with E-state index in [9.17, 15) is 4.79 Å². The SMILES string of the molecule is CCCCc1[nH]n(-c2ccccc2C)c(=O)c1-c1ccccc1. The summed E-state index contributed by atoms with van der Waals surface area (Å²) < 4.78 is 1.68. The van der Waals surface area contributed by atoms with Gasteiger partial charge in [-0.15, -0.1) is 0 Å². The Kier molecular flexibility index (Phi) is 4.47. The zero-order valence-electron chi connectivity index (χ0n) is 13.7. The Morgan fingerprint density at radius 2 is 1.70 bits per heavy atom. The molecule has 3 rings (SSSR count). The first-order valence-electron chi connectivity index (χ1n) is 8.17. The number of nitrogens with zero attached hydrogens (tertiary/aromatic N) is 1. The minimum atomic E-state index is 0.0246. The molecule has 0 spiro atoms. The van der Waals surface area contributed by atoms with E-state index in [-0.39, 0.29) is 5.56 Å². The smallest absolute Gasteiger partial charge is 0.279 e. The topological polar surface area (TPSA) is 37.8 Å². The first kappa shape index (κ1) is 15.3. The summed E-state index contributed by atoms with van der Waals surface area (Å²) in [6.45, 7) is 4.19. The number of benzene rings is 2. The monoisotopic (exact) mass is 306 g/mol. The van der Waals surface area contributed by atoms with Crippen molar-refractivity contribution in [2.75, 3.05) is 0 Å². The molecule has 0 aliphatic rings. The van der Waals surface area contributed by atoms with Crippen LogP contribution in [0.1, 0.15) is 31.0 Å². The van der Waals surface area contributed by atoms with Gasteiger partial charge in [0.25, 0.3) is 5.56 Å². The van der Waals surface area contributed by atoms with Gasteiger partial charge >= 0.3 is 0 Å². The molecule has 0 unspecified atom stereocenters. The van der Waals surface area contributed by atoms with Gasteiger partial charge in [-0.3, -0.25) is 9.89 Å². The molecular weight excluding hydrogens is 284 g/mol. The summed E-state index contributed by atoms with van der Waals surface area (Å²) in [5, 5.41) is 3.34. The van der Waals surface area contributed by atoms with E-state index in [1.807, 2.05) is 61.5 Å². The fourth-order valence-corrected chi connectivity index (χ4v) is 2.90. The Morgan fingerprint density at radius 3 is 2.39 bits per heavy atom. The standard InChI is InChI=1S/C20H22N2O/c1-3-4-13-17-19(16-11-6-5-7-12-16)20(23)22(21-17)18-14-9-8-10-15(18)2/h5-12,14,21H,3-4,13H2,1-2H3. The number of aryl methyl sites for hydroxylation is 2. The van der Waals surface area contributed by atoms with E-state index >= 15 is 0 Å². The van der Waals surface area contributed by atoms with Gasteiger partial charge in [0.15, 0.2) is 0 Å². The maximum absolute atomic E-state index is 13.0. The Balaban J connectivity index is 2.19. The molecule has 0 saturated heterocycles. The predicted octanol–water partition coefficient (Wildman–Crippen LogP) is 4.48. The number of hydrogen-bond acceptors (Lipinski definition) is 1. The van der Waals surface area contributed by atoms with Crippen LogP contribution in [0, 0.1) is 6.92 Å². The lowest BCUT2D eigenvalue weighted by Crippen LogP contribution is -2.16. The lowest BCUT2D eigenvalue weighted by atomic mass is 10.0. The number of aromatic nitrogens is 2.